The summed E-state index contributed by atoms with van der Waals surface area (Å²) in [6.07, 6.45) is 2.46. The van der Waals surface area contributed by atoms with Crippen LogP contribution in [0, 0.1) is 5.92 Å². The van der Waals surface area contributed by atoms with Gasteiger partial charge < -0.3 is 19.7 Å². The second-order valence-electron chi connectivity index (χ2n) is 9.80. The molecular formula is C28H37NO4Si. The Morgan fingerprint density at radius 3 is 1.94 bits per heavy atom. The molecule has 3 unspecified atom stereocenters. The zero-order chi connectivity index (χ0) is 24.6. The molecule has 34 heavy (non-hydrogen) atoms. The Balaban J connectivity index is 1.83. The van der Waals surface area contributed by atoms with Crippen molar-refractivity contribution in [1.82, 2.24) is 4.98 Å². The lowest BCUT2D eigenvalue weighted by atomic mass is 9.88. The summed E-state index contributed by atoms with van der Waals surface area (Å²) in [6, 6.07) is 24.5. The molecule has 182 valence electrons. The summed E-state index contributed by atoms with van der Waals surface area (Å²) in [4.78, 5) is 4.07. The van der Waals surface area contributed by atoms with Crippen molar-refractivity contribution >= 4 is 18.7 Å². The predicted octanol–water partition coefficient (Wildman–Crippen LogP) is 3.44. The molecule has 3 aromatic rings. The van der Waals surface area contributed by atoms with Crippen molar-refractivity contribution in [3.63, 3.8) is 0 Å². The van der Waals surface area contributed by atoms with E-state index in [-0.39, 0.29) is 5.04 Å². The molecule has 0 fully saturated rings. The molecule has 2 aromatic carbocycles. The van der Waals surface area contributed by atoms with E-state index in [0.717, 1.165) is 0 Å². The Labute approximate surface area is 204 Å². The van der Waals surface area contributed by atoms with Crippen LogP contribution in [0.4, 0.5) is 0 Å². The molecule has 1 aromatic heterocycles. The van der Waals surface area contributed by atoms with Crippen molar-refractivity contribution in [3.8, 4) is 0 Å². The number of aliphatic hydroxyl groups is 3. The van der Waals surface area contributed by atoms with Gasteiger partial charge in [0.15, 0.2) is 0 Å². The van der Waals surface area contributed by atoms with E-state index >= 15 is 0 Å². The monoisotopic (exact) mass is 479 g/mol. The maximum atomic E-state index is 10.9. The fraction of sp³-hybridized carbons (Fsp3) is 0.393. The molecule has 0 aliphatic rings. The summed E-state index contributed by atoms with van der Waals surface area (Å²) < 4.78 is 6.92. The average molecular weight is 480 g/mol. The van der Waals surface area contributed by atoms with Crippen LogP contribution in [0.5, 0.6) is 0 Å². The van der Waals surface area contributed by atoms with Gasteiger partial charge in [-0.2, -0.15) is 0 Å². The van der Waals surface area contributed by atoms with E-state index in [1.807, 2.05) is 12.1 Å². The fourth-order valence-corrected chi connectivity index (χ4v) is 9.41. The van der Waals surface area contributed by atoms with Gasteiger partial charge in [-0.15, -0.1) is 0 Å². The summed E-state index contributed by atoms with van der Waals surface area (Å²) >= 11 is 0. The van der Waals surface area contributed by atoms with Crippen LogP contribution in [-0.2, 0) is 4.43 Å². The Morgan fingerprint density at radius 1 is 0.882 bits per heavy atom. The van der Waals surface area contributed by atoms with E-state index in [2.05, 4.69) is 74.3 Å². The van der Waals surface area contributed by atoms with E-state index in [9.17, 15) is 15.3 Å². The van der Waals surface area contributed by atoms with Crippen LogP contribution < -0.4 is 10.4 Å². The number of rotatable bonds is 11. The van der Waals surface area contributed by atoms with Gasteiger partial charge in [0, 0.05) is 24.9 Å². The van der Waals surface area contributed by atoms with Gasteiger partial charge in [0.25, 0.3) is 8.32 Å². The summed E-state index contributed by atoms with van der Waals surface area (Å²) in [7, 11) is -2.63. The number of aromatic nitrogens is 1. The van der Waals surface area contributed by atoms with Crippen molar-refractivity contribution in [3.05, 3.63) is 90.8 Å². The van der Waals surface area contributed by atoms with E-state index in [4.69, 9.17) is 4.43 Å². The van der Waals surface area contributed by atoms with Gasteiger partial charge in [-0.1, -0.05) is 87.5 Å². The van der Waals surface area contributed by atoms with E-state index < -0.39 is 33.1 Å². The molecule has 0 saturated carbocycles. The minimum absolute atomic E-state index is 0.116. The molecule has 6 heteroatoms. The molecule has 3 N–H and O–H groups in total. The lowest BCUT2D eigenvalue weighted by Crippen LogP contribution is -2.66. The summed E-state index contributed by atoms with van der Waals surface area (Å²) in [5.74, 6) is -0.517. The smallest absolute Gasteiger partial charge is 0.261 e. The third-order valence-electron chi connectivity index (χ3n) is 6.53. The fourth-order valence-electron chi connectivity index (χ4n) is 4.80. The summed E-state index contributed by atoms with van der Waals surface area (Å²) in [5, 5.41) is 33.2. The molecule has 0 amide bonds. The van der Waals surface area contributed by atoms with Crippen LogP contribution >= 0.6 is 0 Å². The SMILES string of the molecule is CC(C)(C)[Si](OCCCC(C(O)CO)C(O)c1cccnc1)(c1ccccc1)c1ccccc1. The number of aliphatic hydroxyl groups excluding tert-OH is 3. The molecule has 0 aliphatic carbocycles. The van der Waals surface area contributed by atoms with Gasteiger partial charge in [-0.25, -0.2) is 0 Å². The van der Waals surface area contributed by atoms with Crippen molar-refractivity contribution in [1.29, 1.82) is 0 Å². The van der Waals surface area contributed by atoms with Gasteiger partial charge in [-0.05, 0) is 39.9 Å². The van der Waals surface area contributed by atoms with Crippen molar-refractivity contribution < 1.29 is 19.7 Å². The second-order valence-corrected chi connectivity index (χ2v) is 14.1. The first-order chi connectivity index (χ1) is 16.3. The third kappa shape index (κ3) is 5.82. The highest BCUT2D eigenvalue weighted by Crippen LogP contribution is 2.37. The molecule has 1 heterocycles. The summed E-state index contributed by atoms with van der Waals surface area (Å²) in [6.45, 7) is 6.80. The quantitative estimate of drug-likeness (QED) is 0.290. The van der Waals surface area contributed by atoms with E-state index in [1.54, 1.807) is 24.5 Å². The van der Waals surface area contributed by atoms with Gasteiger partial charge in [-0.3, -0.25) is 4.98 Å². The standard InChI is InChI=1S/C28H37NO4Si/c1-28(2,3)34(23-13-6-4-7-14-23,24-15-8-5-9-16-24)33-19-11-17-25(26(31)21-30)27(32)22-12-10-18-29-20-22/h4-10,12-16,18,20,25-27,30-32H,11,17,19,21H2,1-3H3. The maximum Gasteiger partial charge on any atom is 0.261 e. The van der Waals surface area contributed by atoms with Crippen molar-refractivity contribution in [2.45, 2.75) is 50.9 Å². The van der Waals surface area contributed by atoms with Crippen molar-refractivity contribution in [2.24, 2.45) is 5.92 Å². The van der Waals surface area contributed by atoms with E-state index in [1.165, 1.54) is 10.4 Å². The van der Waals surface area contributed by atoms with Crippen LogP contribution in [0.3, 0.4) is 0 Å². The molecule has 3 atom stereocenters. The zero-order valence-corrected chi connectivity index (χ0v) is 21.3. The van der Waals surface area contributed by atoms with Gasteiger partial charge in [0.2, 0.25) is 0 Å². The molecule has 0 saturated heterocycles. The number of hydrogen-bond acceptors (Lipinski definition) is 5. The molecule has 5 nitrogen and oxygen atoms in total. The topological polar surface area (TPSA) is 82.8 Å². The Morgan fingerprint density at radius 2 is 1.47 bits per heavy atom. The molecule has 0 radical (unpaired) electrons. The van der Waals surface area contributed by atoms with Crippen LogP contribution in [0.15, 0.2) is 85.2 Å². The highest BCUT2D eigenvalue weighted by atomic mass is 28.4. The largest absolute Gasteiger partial charge is 0.407 e. The first kappa shape index (κ1) is 26.3. The van der Waals surface area contributed by atoms with Gasteiger partial charge in [0.05, 0.1) is 18.8 Å². The van der Waals surface area contributed by atoms with Crippen molar-refractivity contribution in [2.75, 3.05) is 13.2 Å². The minimum Gasteiger partial charge on any atom is -0.407 e. The molecule has 0 spiro atoms. The highest BCUT2D eigenvalue weighted by molar-refractivity contribution is 6.99. The average Bonchev–Trinajstić information content (AvgIpc) is 2.86. The predicted molar refractivity (Wildman–Crippen MR) is 139 cm³/mol. The first-order valence-electron chi connectivity index (χ1n) is 11.9. The van der Waals surface area contributed by atoms with Crippen LogP contribution in [0.25, 0.3) is 0 Å². The zero-order valence-electron chi connectivity index (χ0n) is 20.3. The highest BCUT2D eigenvalue weighted by Gasteiger charge is 2.50. The normalized spacial score (nSPS) is 15.0. The number of hydrogen-bond donors (Lipinski definition) is 3. The van der Waals surface area contributed by atoms with Crippen LogP contribution in [0.1, 0.15) is 45.3 Å². The van der Waals surface area contributed by atoms with Crippen LogP contribution in [-0.4, -0.2) is 47.9 Å². The van der Waals surface area contributed by atoms with E-state index in [0.29, 0.717) is 25.0 Å². The first-order valence-corrected chi connectivity index (χ1v) is 13.8. The second kappa shape index (κ2) is 11.9. The third-order valence-corrected chi connectivity index (χ3v) is 11.6. The Kier molecular flexibility index (Phi) is 9.16. The minimum atomic E-state index is -2.63. The molecule has 0 bridgehead atoms. The number of nitrogens with zero attached hydrogens (tertiary/aromatic N) is 1. The van der Waals surface area contributed by atoms with Gasteiger partial charge >= 0.3 is 0 Å². The lowest BCUT2D eigenvalue weighted by molar-refractivity contribution is -0.0230. The Hall–Kier alpha value is -2.35. The number of pyridine rings is 1. The Bertz CT molecular complexity index is 940. The molecule has 3 rings (SSSR count). The lowest BCUT2D eigenvalue weighted by Gasteiger charge is -2.43. The number of benzene rings is 2. The summed E-state index contributed by atoms with van der Waals surface area (Å²) in [5.41, 5.74) is 0.632. The maximum absolute atomic E-state index is 10.9. The van der Waals surface area contributed by atoms with Crippen LogP contribution in [0.2, 0.25) is 5.04 Å². The van der Waals surface area contributed by atoms with Gasteiger partial charge in [0.1, 0.15) is 0 Å². The molecular weight excluding hydrogens is 442 g/mol. The molecule has 0 aliphatic heterocycles.